The predicted octanol–water partition coefficient (Wildman–Crippen LogP) is 2.45. The monoisotopic (exact) mass is 420 g/mol. The van der Waals surface area contributed by atoms with Crippen LogP contribution in [0, 0.1) is 11.7 Å². The van der Waals surface area contributed by atoms with Crippen molar-refractivity contribution in [3.05, 3.63) is 35.6 Å². The molecule has 4 nitrogen and oxygen atoms in total. The van der Waals surface area contributed by atoms with Gasteiger partial charge in [0.2, 0.25) is 0 Å². The molecule has 0 saturated carbocycles. The highest BCUT2D eigenvalue weighted by Crippen LogP contribution is 2.14. The van der Waals surface area contributed by atoms with Crippen LogP contribution in [0.2, 0.25) is 0 Å². The van der Waals surface area contributed by atoms with Gasteiger partial charge in [-0.15, -0.1) is 24.0 Å². The Kier molecular flexibility index (Phi) is 8.70. The van der Waals surface area contributed by atoms with Gasteiger partial charge in [0, 0.05) is 26.7 Å². The van der Waals surface area contributed by atoms with E-state index in [1.165, 1.54) is 31.6 Å². The van der Waals surface area contributed by atoms with Gasteiger partial charge in [-0.3, -0.25) is 4.99 Å². The molecule has 0 aliphatic carbocycles. The van der Waals surface area contributed by atoms with Gasteiger partial charge in [-0.25, -0.2) is 4.39 Å². The van der Waals surface area contributed by atoms with Gasteiger partial charge in [0.1, 0.15) is 5.82 Å². The normalized spacial score (nSPS) is 18.9. The molecule has 124 valence electrons. The number of hydrogen-bond acceptors (Lipinski definition) is 2. The Bertz CT molecular complexity index is 464. The summed E-state index contributed by atoms with van der Waals surface area (Å²) in [7, 11) is 1.77. The van der Waals surface area contributed by atoms with Crippen LogP contribution in [-0.2, 0) is 6.54 Å². The maximum absolute atomic E-state index is 12.8. The van der Waals surface area contributed by atoms with E-state index in [9.17, 15) is 4.39 Å². The fraction of sp³-hybridized carbons (Fsp3) is 0.562. The number of aliphatic imine (C=N–C) groups is 1. The van der Waals surface area contributed by atoms with Crippen LogP contribution in [0.1, 0.15) is 18.9 Å². The Balaban J connectivity index is 0.00000242. The lowest BCUT2D eigenvalue weighted by atomic mass is 10.1. The largest absolute Gasteiger partial charge is 0.356 e. The SMILES string of the molecule is CCN1CCC(CNC(=NC)NCc2ccc(F)cc2)C1.I. The summed E-state index contributed by atoms with van der Waals surface area (Å²) in [6.45, 7) is 7.29. The Morgan fingerprint density at radius 2 is 2.05 bits per heavy atom. The average Bonchev–Trinajstić information content (AvgIpc) is 2.97. The van der Waals surface area contributed by atoms with Crippen LogP contribution in [0.25, 0.3) is 0 Å². The Hall–Kier alpha value is -0.890. The first-order valence-electron chi connectivity index (χ1n) is 7.62. The van der Waals surface area contributed by atoms with Crippen LogP contribution in [-0.4, -0.2) is 44.1 Å². The molecule has 1 aliphatic rings. The lowest BCUT2D eigenvalue weighted by molar-refractivity contribution is 0.342. The van der Waals surface area contributed by atoms with Crippen molar-refractivity contribution in [2.45, 2.75) is 19.9 Å². The van der Waals surface area contributed by atoms with Crippen LogP contribution in [0.5, 0.6) is 0 Å². The molecule has 1 heterocycles. The third kappa shape index (κ3) is 6.08. The standard InChI is InChI=1S/C16H25FN4.HI/c1-3-21-9-8-14(12-21)11-20-16(18-2)19-10-13-4-6-15(17)7-5-13;/h4-7,14H,3,8-12H2,1-2H3,(H2,18,19,20);1H. The molecular formula is C16H26FIN4. The molecule has 0 aromatic heterocycles. The van der Waals surface area contributed by atoms with Gasteiger partial charge in [0.05, 0.1) is 0 Å². The summed E-state index contributed by atoms with van der Waals surface area (Å²) in [6.07, 6.45) is 1.25. The van der Waals surface area contributed by atoms with Crippen LogP contribution in [0.3, 0.4) is 0 Å². The van der Waals surface area contributed by atoms with Crippen LogP contribution in [0.4, 0.5) is 4.39 Å². The highest BCUT2D eigenvalue weighted by Gasteiger charge is 2.20. The van der Waals surface area contributed by atoms with Crippen molar-refractivity contribution >= 4 is 29.9 Å². The molecular weight excluding hydrogens is 394 g/mol. The average molecular weight is 420 g/mol. The number of halogens is 2. The van der Waals surface area contributed by atoms with Crippen LogP contribution in [0.15, 0.2) is 29.3 Å². The second kappa shape index (κ2) is 9.99. The lowest BCUT2D eigenvalue weighted by Crippen LogP contribution is -2.39. The van der Waals surface area contributed by atoms with Gasteiger partial charge in [-0.2, -0.15) is 0 Å². The molecule has 1 aromatic carbocycles. The number of nitrogens with one attached hydrogen (secondary N) is 2. The van der Waals surface area contributed by atoms with E-state index >= 15 is 0 Å². The van der Waals surface area contributed by atoms with Gasteiger partial charge in [-0.05, 0) is 43.1 Å². The molecule has 22 heavy (non-hydrogen) atoms. The molecule has 1 fully saturated rings. The summed E-state index contributed by atoms with van der Waals surface area (Å²) in [6, 6.07) is 6.52. The molecule has 2 rings (SSSR count). The minimum atomic E-state index is -0.206. The molecule has 0 spiro atoms. The number of likely N-dealkylation sites (tertiary alicyclic amines) is 1. The zero-order chi connectivity index (χ0) is 15.1. The summed E-state index contributed by atoms with van der Waals surface area (Å²) < 4.78 is 12.8. The van der Waals surface area contributed by atoms with E-state index in [2.05, 4.69) is 27.4 Å². The van der Waals surface area contributed by atoms with Gasteiger partial charge in [-0.1, -0.05) is 19.1 Å². The highest BCUT2D eigenvalue weighted by atomic mass is 127. The lowest BCUT2D eigenvalue weighted by Gasteiger charge is -2.16. The van der Waals surface area contributed by atoms with Crippen molar-refractivity contribution < 1.29 is 4.39 Å². The Morgan fingerprint density at radius 3 is 2.64 bits per heavy atom. The number of rotatable bonds is 5. The fourth-order valence-corrected chi connectivity index (χ4v) is 2.62. The van der Waals surface area contributed by atoms with Crippen molar-refractivity contribution in [1.82, 2.24) is 15.5 Å². The van der Waals surface area contributed by atoms with Crippen molar-refractivity contribution in [1.29, 1.82) is 0 Å². The van der Waals surface area contributed by atoms with Gasteiger partial charge < -0.3 is 15.5 Å². The van der Waals surface area contributed by atoms with Gasteiger partial charge in [0.15, 0.2) is 5.96 Å². The predicted molar refractivity (Wildman–Crippen MR) is 100 cm³/mol. The number of hydrogen-bond donors (Lipinski definition) is 2. The Labute approximate surface area is 149 Å². The maximum atomic E-state index is 12.8. The summed E-state index contributed by atoms with van der Waals surface area (Å²) in [5.41, 5.74) is 1.04. The molecule has 1 atom stereocenters. The second-order valence-electron chi connectivity index (χ2n) is 5.48. The number of nitrogens with zero attached hydrogens (tertiary/aromatic N) is 2. The first-order valence-corrected chi connectivity index (χ1v) is 7.62. The molecule has 1 aliphatic heterocycles. The van der Waals surface area contributed by atoms with E-state index in [4.69, 9.17) is 0 Å². The minimum absolute atomic E-state index is 0. The summed E-state index contributed by atoms with van der Waals surface area (Å²) >= 11 is 0. The third-order valence-corrected chi connectivity index (χ3v) is 3.97. The van der Waals surface area contributed by atoms with E-state index in [0.717, 1.165) is 24.6 Å². The Morgan fingerprint density at radius 1 is 1.32 bits per heavy atom. The molecule has 0 amide bonds. The van der Waals surface area contributed by atoms with E-state index in [1.54, 1.807) is 19.2 Å². The van der Waals surface area contributed by atoms with Crippen molar-refractivity contribution in [3.63, 3.8) is 0 Å². The van der Waals surface area contributed by atoms with E-state index in [1.807, 2.05) is 0 Å². The van der Waals surface area contributed by atoms with Gasteiger partial charge >= 0.3 is 0 Å². The molecule has 6 heteroatoms. The van der Waals surface area contributed by atoms with E-state index in [0.29, 0.717) is 12.5 Å². The van der Waals surface area contributed by atoms with Crippen molar-refractivity contribution in [3.8, 4) is 0 Å². The minimum Gasteiger partial charge on any atom is -0.356 e. The molecule has 1 saturated heterocycles. The molecule has 0 radical (unpaired) electrons. The first kappa shape index (κ1) is 19.2. The quantitative estimate of drug-likeness (QED) is 0.437. The molecule has 2 N–H and O–H groups in total. The molecule has 1 aromatic rings. The smallest absolute Gasteiger partial charge is 0.191 e. The third-order valence-electron chi connectivity index (χ3n) is 3.97. The molecule has 0 bridgehead atoms. The van der Waals surface area contributed by atoms with Crippen molar-refractivity contribution in [2.24, 2.45) is 10.9 Å². The number of guanidine groups is 1. The summed E-state index contributed by atoms with van der Waals surface area (Å²) in [4.78, 5) is 6.70. The fourth-order valence-electron chi connectivity index (χ4n) is 2.62. The topological polar surface area (TPSA) is 39.7 Å². The van der Waals surface area contributed by atoms with Crippen molar-refractivity contribution in [2.75, 3.05) is 33.2 Å². The van der Waals surface area contributed by atoms with Crippen LogP contribution >= 0.6 is 24.0 Å². The van der Waals surface area contributed by atoms with Gasteiger partial charge in [0.25, 0.3) is 0 Å². The zero-order valence-electron chi connectivity index (χ0n) is 13.3. The van der Waals surface area contributed by atoms with Crippen LogP contribution < -0.4 is 10.6 Å². The maximum Gasteiger partial charge on any atom is 0.191 e. The van der Waals surface area contributed by atoms with E-state index in [-0.39, 0.29) is 29.8 Å². The molecule has 1 unspecified atom stereocenters. The second-order valence-corrected chi connectivity index (χ2v) is 5.48. The first-order chi connectivity index (χ1) is 10.2. The highest BCUT2D eigenvalue weighted by molar-refractivity contribution is 14.0. The zero-order valence-corrected chi connectivity index (χ0v) is 15.6. The van der Waals surface area contributed by atoms with E-state index < -0.39 is 0 Å². The summed E-state index contributed by atoms with van der Waals surface area (Å²) in [5.74, 6) is 1.28. The number of benzene rings is 1. The summed E-state index contributed by atoms with van der Waals surface area (Å²) in [5, 5.41) is 6.63.